The van der Waals surface area contributed by atoms with Gasteiger partial charge in [0.1, 0.15) is 0 Å². The van der Waals surface area contributed by atoms with Gasteiger partial charge in [-0.2, -0.15) is 0 Å². The normalized spacial score (nSPS) is 12.4. The smallest absolute Gasteiger partial charge is 0.191 e. The average Bonchev–Trinajstić information content (AvgIpc) is 2.33. The number of rotatable bonds is 4. The summed E-state index contributed by atoms with van der Waals surface area (Å²) in [6.07, 6.45) is 0.365. The second kappa shape index (κ2) is 7.22. The van der Waals surface area contributed by atoms with Crippen molar-refractivity contribution in [2.24, 2.45) is 4.99 Å². The molecule has 0 amide bonds. The van der Waals surface area contributed by atoms with Crippen LogP contribution in [0.3, 0.4) is 0 Å². The van der Waals surface area contributed by atoms with Crippen molar-refractivity contribution in [1.29, 1.82) is 0 Å². The van der Waals surface area contributed by atoms with Crippen molar-refractivity contribution in [1.82, 2.24) is 10.6 Å². The van der Waals surface area contributed by atoms with Crippen LogP contribution in [0.15, 0.2) is 23.2 Å². The highest BCUT2D eigenvalue weighted by Crippen LogP contribution is 2.11. The highest BCUT2D eigenvalue weighted by Gasteiger charge is 2.12. The van der Waals surface area contributed by atoms with Gasteiger partial charge >= 0.3 is 0 Å². The molecular weight excluding hydrogens is 260 g/mol. The number of nitrogens with one attached hydrogen (secondary N) is 2. The van der Waals surface area contributed by atoms with Crippen LogP contribution < -0.4 is 10.6 Å². The third-order valence-corrected chi connectivity index (χ3v) is 2.52. The van der Waals surface area contributed by atoms with Crippen LogP contribution in [0, 0.1) is 11.6 Å². The van der Waals surface area contributed by atoms with Crippen molar-refractivity contribution >= 4 is 5.96 Å². The van der Waals surface area contributed by atoms with E-state index < -0.39 is 11.6 Å². The summed E-state index contributed by atoms with van der Waals surface area (Å²) in [4.78, 5) is 4.37. The molecule has 5 heteroatoms. The van der Waals surface area contributed by atoms with Crippen molar-refractivity contribution in [2.45, 2.75) is 39.7 Å². The molecule has 0 aliphatic heterocycles. The Bertz CT molecular complexity index is 465. The Balaban J connectivity index is 2.66. The maximum absolute atomic E-state index is 13.5. The fourth-order valence-corrected chi connectivity index (χ4v) is 1.69. The van der Waals surface area contributed by atoms with Crippen LogP contribution in [0.2, 0.25) is 0 Å². The van der Waals surface area contributed by atoms with E-state index in [0.717, 1.165) is 12.6 Å². The summed E-state index contributed by atoms with van der Waals surface area (Å²) < 4.78 is 26.6. The molecule has 112 valence electrons. The molecule has 1 aromatic carbocycles. The third kappa shape index (κ3) is 5.55. The van der Waals surface area contributed by atoms with Crippen LogP contribution in [0.1, 0.15) is 33.3 Å². The van der Waals surface area contributed by atoms with Crippen molar-refractivity contribution in [3.8, 4) is 0 Å². The number of guanidine groups is 1. The molecule has 2 N–H and O–H groups in total. The molecule has 0 radical (unpaired) electrons. The fraction of sp³-hybridized carbons (Fsp3) is 0.533. The van der Waals surface area contributed by atoms with Crippen LogP contribution >= 0.6 is 0 Å². The van der Waals surface area contributed by atoms with Gasteiger partial charge in [-0.15, -0.1) is 0 Å². The molecule has 1 aromatic rings. The lowest BCUT2D eigenvalue weighted by molar-refractivity contribution is 0.497. The number of nitrogens with zero attached hydrogens (tertiary/aromatic N) is 1. The van der Waals surface area contributed by atoms with Crippen molar-refractivity contribution in [3.63, 3.8) is 0 Å². The van der Waals surface area contributed by atoms with Gasteiger partial charge in [-0.1, -0.05) is 12.1 Å². The first-order chi connectivity index (χ1) is 9.33. The van der Waals surface area contributed by atoms with Gasteiger partial charge in [0.15, 0.2) is 17.6 Å². The summed E-state index contributed by atoms with van der Waals surface area (Å²) >= 11 is 0. The fourth-order valence-electron chi connectivity index (χ4n) is 1.69. The van der Waals surface area contributed by atoms with E-state index in [9.17, 15) is 8.78 Å². The quantitative estimate of drug-likeness (QED) is 0.658. The number of benzene rings is 1. The summed E-state index contributed by atoms with van der Waals surface area (Å²) in [6, 6.07) is 4.21. The SMILES string of the molecule is CCNC(=NCCc1cccc(F)c1F)NC(C)(C)C. The van der Waals surface area contributed by atoms with Crippen LogP contribution in [-0.2, 0) is 6.42 Å². The van der Waals surface area contributed by atoms with Crippen LogP contribution in [0.5, 0.6) is 0 Å². The monoisotopic (exact) mass is 283 g/mol. The highest BCUT2D eigenvalue weighted by molar-refractivity contribution is 5.80. The molecular formula is C15H23F2N3. The lowest BCUT2D eigenvalue weighted by Crippen LogP contribution is -2.47. The lowest BCUT2D eigenvalue weighted by atomic mass is 10.1. The van der Waals surface area contributed by atoms with Gasteiger partial charge in [-0.05, 0) is 45.7 Å². The summed E-state index contributed by atoms with van der Waals surface area (Å²) in [7, 11) is 0. The Hall–Kier alpha value is -1.65. The van der Waals surface area contributed by atoms with E-state index in [-0.39, 0.29) is 5.54 Å². The number of hydrogen-bond acceptors (Lipinski definition) is 1. The van der Waals surface area contributed by atoms with Crippen LogP contribution in [-0.4, -0.2) is 24.6 Å². The second-order valence-electron chi connectivity index (χ2n) is 5.60. The van der Waals surface area contributed by atoms with E-state index in [1.54, 1.807) is 6.07 Å². The molecule has 3 nitrogen and oxygen atoms in total. The predicted octanol–water partition coefficient (Wildman–Crippen LogP) is 2.86. The van der Waals surface area contributed by atoms with Gasteiger partial charge in [0.25, 0.3) is 0 Å². The molecule has 0 fully saturated rings. The molecule has 0 saturated heterocycles. The van der Waals surface area contributed by atoms with Crippen molar-refractivity contribution < 1.29 is 8.78 Å². The molecule has 20 heavy (non-hydrogen) atoms. The Morgan fingerprint density at radius 3 is 2.55 bits per heavy atom. The second-order valence-corrected chi connectivity index (χ2v) is 5.60. The Kier molecular flexibility index (Phi) is 5.92. The summed E-state index contributed by atoms with van der Waals surface area (Å²) in [5, 5.41) is 6.36. The molecule has 1 rings (SSSR count). The van der Waals surface area contributed by atoms with Gasteiger partial charge in [0.05, 0.1) is 0 Å². The first kappa shape index (κ1) is 16.4. The Morgan fingerprint density at radius 1 is 1.25 bits per heavy atom. The van der Waals surface area contributed by atoms with E-state index in [2.05, 4.69) is 15.6 Å². The molecule has 0 aliphatic rings. The zero-order valence-electron chi connectivity index (χ0n) is 12.6. The zero-order chi connectivity index (χ0) is 15.2. The number of hydrogen-bond donors (Lipinski definition) is 2. The van der Waals surface area contributed by atoms with E-state index in [1.165, 1.54) is 6.07 Å². The first-order valence-corrected chi connectivity index (χ1v) is 6.83. The number of halogens is 2. The molecule has 0 aliphatic carbocycles. The maximum atomic E-state index is 13.5. The van der Waals surface area contributed by atoms with Gasteiger partial charge in [0, 0.05) is 18.6 Å². The minimum Gasteiger partial charge on any atom is -0.357 e. The summed E-state index contributed by atoms with van der Waals surface area (Å²) in [6.45, 7) is 9.22. The van der Waals surface area contributed by atoms with Gasteiger partial charge in [0.2, 0.25) is 0 Å². The molecule has 0 aromatic heterocycles. The average molecular weight is 283 g/mol. The molecule has 0 bridgehead atoms. The topological polar surface area (TPSA) is 36.4 Å². The predicted molar refractivity (Wildman–Crippen MR) is 78.9 cm³/mol. The highest BCUT2D eigenvalue weighted by atomic mass is 19.2. The summed E-state index contributed by atoms with van der Waals surface area (Å²) in [5.41, 5.74) is 0.242. The van der Waals surface area contributed by atoms with Crippen LogP contribution in [0.25, 0.3) is 0 Å². The van der Waals surface area contributed by atoms with E-state index in [0.29, 0.717) is 24.5 Å². The van der Waals surface area contributed by atoms with Gasteiger partial charge < -0.3 is 10.6 Å². The third-order valence-electron chi connectivity index (χ3n) is 2.52. The van der Waals surface area contributed by atoms with E-state index in [1.807, 2.05) is 27.7 Å². The molecule has 0 spiro atoms. The van der Waals surface area contributed by atoms with E-state index >= 15 is 0 Å². The van der Waals surface area contributed by atoms with Gasteiger partial charge in [-0.3, -0.25) is 4.99 Å². The van der Waals surface area contributed by atoms with Crippen molar-refractivity contribution in [2.75, 3.05) is 13.1 Å². The summed E-state index contributed by atoms with van der Waals surface area (Å²) in [5.74, 6) is -0.917. The van der Waals surface area contributed by atoms with E-state index in [4.69, 9.17) is 0 Å². The molecule has 0 saturated carbocycles. The molecule has 0 unspecified atom stereocenters. The minimum atomic E-state index is -0.814. The first-order valence-electron chi connectivity index (χ1n) is 6.83. The van der Waals surface area contributed by atoms with Crippen LogP contribution in [0.4, 0.5) is 8.78 Å². The van der Waals surface area contributed by atoms with Crippen molar-refractivity contribution in [3.05, 3.63) is 35.4 Å². The Labute approximate surface area is 119 Å². The molecule has 0 heterocycles. The minimum absolute atomic E-state index is 0.106. The lowest BCUT2D eigenvalue weighted by Gasteiger charge is -2.23. The number of aliphatic imine (C=N–C) groups is 1. The largest absolute Gasteiger partial charge is 0.357 e. The van der Waals surface area contributed by atoms with Gasteiger partial charge in [-0.25, -0.2) is 8.78 Å². The Morgan fingerprint density at radius 2 is 1.95 bits per heavy atom. The maximum Gasteiger partial charge on any atom is 0.191 e. The zero-order valence-corrected chi connectivity index (χ0v) is 12.6. The molecule has 0 atom stereocenters. The standard InChI is InChI=1S/C15H23F2N3/c1-5-18-14(20-15(2,3)4)19-10-9-11-7-6-8-12(16)13(11)17/h6-8H,5,9-10H2,1-4H3,(H2,18,19,20).